The van der Waals surface area contributed by atoms with Crippen LogP contribution < -0.4 is 15.5 Å². The summed E-state index contributed by atoms with van der Waals surface area (Å²) in [6.45, 7) is 3.94. The first kappa shape index (κ1) is 29.5. The molecule has 3 amide bonds. The number of aryl methyl sites for hydroxylation is 1. The number of benzene rings is 2. The van der Waals surface area contributed by atoms with Crippen LogP contribution in [-0.4, -0.2) is 70.5 Å². The van der Waals surface area contributed by atoms with Crippen molar-refractivity contribution in [3.8, 4) is 0 Å². The Bertz CT molecular complexity index is 1470. The fourth-order valence-corrected chi connectivity index (χ4v) is 7.50. The summed E-state index contributed by atoms with van der Waals surface area (Å²) in [5.41, 5.74) is 3.17. The van der Waals surface area contributed by atoms with E-state index in [9.17, 15) is 19.5 Å². The lowest BCUT2D eigenvalue weighted by Gasteiger charge is -2.29. The molecule has 3 saturated heterocycles. The summed E-state index contributed by atoms with van der Waals surface area (Å²) < 4.78 is 0. The minimum absolute atomic E-state index is 0.0158. The van der Waals surface area contributed by atoms with Crippen LogP contribution in [0.1, 0.15) is 81.5 Å². The molecule has 0 radical (unpaired) electrons. The highest BCUT2D eigenvalue weighted by atomic mass is 32.1. The lowest BCUT2D eigenvalue weighted by Crippen LogP contribution is -2.52. The van der Waals surface area contributed by atoms with Crippen LogP contribution in [0.5, 0.6) is 0 Å². The van der Waals surface area contributed by atoms with Crippen LogP contribution in [0.15, 0.2) is 53.9 Å². The first-order valence-electron chi connectivity index (χ1n) is 15.3. The molecule has 4 unspecified atom stereocenters. The topological polar surface area (TPSA) is 115 Å². The molecule has 0 spiro atoms. The SMILES string of the molecule is Cc1csc(C2CCCN2C(=O)c2cc(C(=O)NC(Cc3ccccc3)C(O)C3CCCN3)cc(N3CCCC3=O)c2)n1. The molecule has 43 heavy (non-hydrogen) atoms. The number of carbonyl (C=O) groups excluding carboxylic acids is 3. The molecule has 9 nitrogen and oxygen atoms in total. The molecule has 3 aromatic rings. The number of nitrogens with zero attached hydrogens (tertiary/aromatic N) is 3. The van der Waals surface area contributed by atoms with E-state index in [0.717, 1.165) is 54.9 Å². The van der Waals surface area contributed by atoms with Crippen LogP contribution in [-0.2, 0) is 11.2 Å². The lowest BCUT2D eigenvalue weighted by atomic mass is 9.95. The molecule has 4 atom stereocenters. The number of thiazole rings is 1. The molecule has 0 bridgehead atoms. The monoisotopic (exact) mass is 601 g/mol. The predicted octanol–water partition coefficient (Wildman–Crippen LogP) is 4.01. The Morgan fingerprint density at radius 3 is 2.60 bits per heavy atom. The number of aromatic nitrogens is 1. The zero-order valence-electron chi connectivity index (χ0n) is 24.5. The fourth-order valence-electron chi connectivity index (χ4n) is 6.56. The fraction of sp³-hybridized carbons (Fsp3) is 0.455. The summed E-state index contributed by atoms with van der Waals surface area (Å²) in [7, 11) is 0. The molecule has 3 N–H and O–H groups in total. The quantitative estimate of drug-likeness (QED) is 0.342. The van der Waals surface area contributed by atoms with Crippen molar-refractivity contribution in [3.63, 3.8) is 0 Å². The van der Waals surface area contributed by atoms with E-state index in [0.29, 0.717) is 42.7 Å². The predicted molar refractivity (Wildman–Crippen MR) is 166 cm³/mol. The van der Waals surface area contributed by atoms with Gasteiger partial charge in [0.25, 0.3) is 11.8 Å². The molecular formula is C33H39N5O4S. The number of anilines is 1. The first-order chi connectivity index (χ1) is 20.9. The average molecular weight is 602 g/mol. The van der Waals surface area contributed by atoms with Gasteiger partial charge >= 0.3 is 0 Å². The van der Waals surface area contributed by atoms with Gasteiger partial charge in [0.15, 0.2) is 0 Å². The molecule has 0 aliphatic carbocycles. The molecule has 2 aromatic carbocycles. The Morgan fingerprint density at radius 2 is 1.91 bits per heavy atom. The van der Waals surface area contributed by atoms with Crippen LogP contribution in [0.25, 0.3) is 0 Å². The Hall–Kier alpha value is -3.60. The second-order valence-corrected chi connectivity index (χ2v) is 12.8. The number of aliphatic hydroxyl groups is 1. The number of amides is 3. The maximum absolute atomic E-state index is 14.0. The molecule has 3 aliphatic heterocycles. The Balaban J connectivity index is 1.30. The zero-order chi connectivity index (χ0) is 29.9. The Labute approximate surface area is 256 Å². The highest BCUT2D eigenvalue weighted by Gasteiger charge is 2.35. The van der Waals surface area contributed by atoms with Gasteiger partial charge in [-0.2, -0.15) is 0 Å². The van der Waals surface area contributed by atoms with E-state index in [2.05, 4.69) is 15.6 Å². The number of rotatable bonds is 9. The van der Waals surface area contributed by atoms with Crippen molar-refractivity contribution in [1.29, 1.82) is 0 Å². The van der Waals surface area contributed by atoms with Crippen LogP contribution in [0.3, 0.4) is 0 Å². The van der Waals surface area contributed by atoms with E-state index in [1.807, 2.05) is 47.5 Å². The van der Waals surface area contributed by atoms with Crippen LogP contribution in [0.4, 0.5) is 5.69 Å². The lowest BCUT2D eigenvalue weighted by molar-refractivity contribution is -0.117. The minimum atomic E-state index is -0.789. The summed E-state index contributed by atoms with van der Waals surface area (Å²) in [5, 5.41) is 20.7. The van der Waals surface area contributed by atoms with Gasteiger partial charge in [0.05, 0.1) is 18.2 Å². The van der Waals surface area contributed by atoms with Crippen molar-refractivity contribution in [2.24, 2.45) is 0 Å². The molecule has 10 heteroatoms. The highest BCUT2D eigenvalue weighted by molar-refractivity contribution is 7.09. The van der Waals surface area contributed by atoms with Crippen molar-refractivity contribution in [1.82, 2.24) is 20.5 Å². The average Bonchev–Trinajstić information content (AvgIpc) is 3.84. The van der Waals surface area contributed by atoms with Gasteiger partial charge in [0.2, 0.25) is 5.91 Å². The van der Waals surface area contributed by atoms with Crippen molar-refractivity contribution >= 4 is 34.7 Å². The molecule has 3 fully saturated rings. The van der Waals surface area contributed by atoms with E-state index in [1.165, 1.54) is 0 Å². The van der Waals surface area contributed by atoms with Crippen LogP contribution in [0, 0.1) is 6.92 Å². The maximum atomic E-state index is 14.0. The second kappa shape index (κ2) is 13.0. The molecule has 4 heterocycles. The number of aliphatic hydroxyl groups excluding tert-OH is 1. The van der Waals surface area contributed by atoms with Gasteiger partial charge in [0.1, 0.15) is 5.01 Å². The summed E-state index contributed by atoms with van der Waals surface area (Å²) in [5.74, 6) is -0.569. The van der Waals surface area contributed by atoms with Gasteiger partial charge in [-0.1, -0.05) is 30.3 Å². The number of hydrogen-bond acceptors (Lipinski definition) is 7. The van der Waals surface area contributed by atoms with Gasteiger partial charge in [-0.3, -0.25) is 14.4 Å². The minimum Gasteiger partial charge on any atom is -0.389 e. The third-order valence-corrected chi connectivity index (χ3v) is 9.85. The van der Waals surface area contributed by atoms with Crippen molar-refractivity contribution in [2.75, 3.05) is 24.5 Å². The van der Waals surface area contributed by atoms with Gasteiger partial charge < -0.3 is 25.5 Å². The smallest absolute Gasteiger partial charge is 0.254 e. The van der Waals surface area contributed by atoms with E-state index in [-0.39, 0.29) is 29.8 Å². The maximum Gasteiger partial charge on any atom is 0.254 e. The number of likely N-dealkylation sites (tertiary alicyclic amines) is 1. The largest absolute Gasteiger partial charge is 0.389 e. The van der Waals surface area contributed by atoms with Crippen LogP contribution in [0.2, 0.25) is 0 Å². The van der Waals surface area contributed by atoms with Crippen LogP contribution >= 0.6 is 11.3 Å². The molecule has 6 rings (SSSR count). The molecular weight excluding hydrogens is 562 g/mol. The van der Waals surface area contributed by atoms with Gasteiger partial charge in [-0.05, 0) is 75.8 Å². The van der Waals surface area contributed by atoms with Crippen molar-refractivity contribution < 1.29 is 19.5 Å². The highest BCUT2D eigenvalue weighted by Crippen LogP contribution is 2.35. The Morgan fingerprint density at radius 1 is 1.09 bits per heavy atom. The Kier molecular flexibility index (Phi) is 8.88. The normalized spacial score (nSPS) is 21.8. The number of carbonyl (C=O) groups is 3. The first-order valence-corrected chi connectivity index (χ1v) is 16.2. The van der Waals surface area contributed by atoms with Gasteiger partial charge in [-0.15, -0.1) is 11.3 Å². The number of hydrogen-bond donors (Lipinski definition) is 3. The van der Waals surface area contributed by atoms with E-state index < -0.39 is 12.1 Å². The summed E-state index contributed by atoms with van der Waals surface area (Å²) >= 11 is 1.56. The van der Waals surface area contributed by atoms with E-state index in [4.69, 9.17) is 0 Å². The van der Waals surface area contributed by atoms with Gasteiger partial charge in [0, 0.05) is 53.4 Å². The van der Waals surface area contributed by atoms with Gasteiger partial charge in [-0.25, -0.2) is 4.98 Å². The molecule has 3 aliphatic rings. The standard InChI is InChI=1S/C33H39N5O4S/c1-21-20-43-32(35-21)28-11-6-15-38(28)33(42)24-17-23(18-25(19-24)37-14-7-12-29(37)39)31(41)36-27(16-22-8-3-2-4-9-22)30(40)26-10-5-13-34-26/h2-4,8-9,17-20,26-28,30,34,40H,5-7,10-16H2,1H3,(H,36,41). The summed E-state index contributed by atoms with van der Waals surface area (Å²) in [6, 6.07) is 14.1. The third kappa shape index (κ3) is 6.51. The zero-order valence-corrected chi connectivity index (χ0v) is 25.3. The molecule has 1 aromatic heterocycles. The van der Waals surface area contributed by atoms with E-state index in [1.54, 1.807) is 34.4 Å². The van der Waals surface area contributed by atoms with E-state index >= 15 is 0 Å². The second-order valence-electron chi connectivity index (χ2n) is 11.9. The molecule has 226 valence electrons. The molecule has 0 saturated carbocycles. The third-order valence-electron chi connectivity index (χ3n) is 8.79. The summed E-state index contributed by atoms with van der Waals surface area (Å²) in [4.78, 5) is 48.8. The van der Waals surface area contributed by atoms with Crippen molar-refractivity contribution in [3.05, 3.63) is 81.3 Å². The van der Waals surface area contributed by atoms with Crippen molar-refractivity contribution in [2.45, 2.75) is 76.1 Å². The number of nitrogens with one attached hydrogen (secondary N) is 2. The summed E-state index contributed by atoms with van der Waals surface area (Å²) in [6.07, 6.45) is 4.37.